The molecule has 0 atom stereocenters. The number of carbonyl (C=O) groups is 1. The van der Waals surface area contributed by atoms with Gasteiger partial charge in [0.25, 0.3) is 0 Å². The van der Waals surface area contributed by atoms with Gasteiger partial charge in [0.1, 0.15) is 11.5 Å². The number of nitrogen functional groups attached to an aromatic ring is 1. The molecule has 5 heteroatoms. The van der Waals surface area contributed by atoms with Crippen molar-refractivity contribution < 1.29 is 19.4 Å². The molecule has 2 rings (SSSR count). The average Bonchev–Trinajstić information content (AvgIpc) is 2.77. The van der Waals surface area contributed by atoms with Crippen LogP contribution in [0.15, 0.2) is 36.4 Å². The second kappa shape index (κ2) is 13.6. The Morgan fingerprint density at radius 3 is 2.03 bits per heavy atom. The van der Waals surface area contributed by atoms with Crippen molar-refractivity contribution in [3.8, 4) is 22.6 Å². The Labute approximate surface area is 186 Å². The SMILES string of the molecule is CCCCCCCCCCCCOc1ccc(C(=O)O)c(-c2cc(OC)ccc2N)c1. The van der Waals surface area contributed by atoms with Gasteiger partial charge in [0, 0.05) is 16.8 Å². The summed E-state index contributed by atoms with van der Waals surface area (Å²) in [5.41, 5.74) is 7.96. The zero-order chi connectivity index (χ0) is 22.5. The van der Waals surface area contributed by atoms with E-state index < -0.39 is 5.97 Å². The number of hydrogen-bond donors (Lipinski definition) is 2. The molecule has 0 saturated carbocycles. The molecule has 0 amide bonds. The number of nitrogens with two attached hydrogens (primary N) is 1. The Morgan fingerprint density at radius 1 is 0.839 bits per heavy atom. The molecule has 3 N–H and O–H groups in total. The largest absolute Gasteiger partial charge is 0.497 e. The van der Waals surface area contributed by atoms with Crippen molar-refractivity contribution in [3.05, 3.63) is 42.0 Å². The fourth-order valence-corrected chi connectivity index (χ4v) is 3.70. The first-order chi connectivity index (χ1) is 15.1. The number of benzene rings is 2. The van der Waals surface area contributed by atoms with Gasteiger partial charge in [-0.25, -0.2) is 4.79 Å². The van der Waals surface area contributed by atoms with Gasteiger partial charge in [0.2, 0.25) is 0 Å². The molecular weight excluding hydrogens is 390 g/mol. The van der Waals surface area contributed by atoms with Crippen LogP contribution in [0.3, 0.4) is 0 Å². The Bertz CT molecular complexity index is 819. The number of ether oxygens (including phenoxy) is 2. The molecule has 5 nitrogen and oxygen atoms in total. The van der Waals surface area contributed by atoms with Gasteiger partial charge in [-0.05, 0) is 42.8 Å². The summed E-state index contributed by atoms with van der Waals surface area (Å²) in [7, 11) is 1.57. The van der Waals surface area contributed by atoms with E-state index in [4.69, 9.17) is 15.2 Å². The summed E-state index contributed by atoms with van der Waals surface area (Å²) >= 11 is 0. The lowest BCUT2D eigenvalue weighted by molar-refractivity contribution is 0.0697. The van der Waals surface area contributed by atoms with Gasteiger partial charge in [-0.1, -0.05) is 64.7 Å². The van der Waals surface area contributed by atoms with E-state index in [1.807, 2.05) is 0 Å². The molecular formula is C26H37NO4. The van der Waals surface area contributed by atoms with Crippen LogP contribution in [0.5, 0.6) is 11.5 Å². The van der Waals surface area contributed by atoms with E-state index >= 15 is 0 Å². The first kappa shape index (κ1) is 24.6. The highest BCUT2D eigenvalue weighted by atomic mass is 16.5. The summed E-state index contributed by atoms with van der Waals surface area (Å²) in [6, 6.07) is 10.3. The number of hydrogen-bond acceptors (Lipinski definition) is 4. The molecule has 0 saturated heterocycles. The Balaban J connectivity index is 1.87. The van der Waals surface area contributed by atoms with Crippen LogP contribution in [-0.4, -0.2) is 24.8 Å². The maximum Gasteiger partial charge on any atom is 0.336 e. The molecule has 2 aromatic rings. The molecule has 0 aromatic heterocycles. The van der Waals surface area contributed by atoms with E-state index in [9.17, 15) is 9.90 Å². The van der Waals surface area contributed by atoms with Gasteiger partial charge in [-0.15, -0.1) is 0 Å². The standard InChI is InChI=1S/C26H37NO4/c1-3-4-5-6-7-8-9-10-11-12-17-31-21-13-15-22(26(28)29)23(19-21)24-18-20(30-2)14-16-25(24)27/h13-16,18-19H,3-12,17,27H2,1-2H3,(H,28,29). The van der Waals surface area contributed by atoms with Crippen LogP contribution in [0.4, 0.5) is 5.69 Å². The average molecular weight is 428 g/mol. The number of aromatic carboxylic acids is 1. The number of carboxylic acid groups (broad SMARTS) is 1. The quantitative estimate of drug-likeness (QED) is 0.237. The van der Waals surface area contributed by atoms with E-state index in [0.29, 0.717) is 34.9 Å². The minimum Gasteiger partial charge on any atom is -0.497 e. The van der Waals surface area contributed by atoms with Crippen molar-refractivity contribution in [1.29, 1.82) is 0 Å². The van der Waals surface area contributed by atoms with Crippen LogP contribution in [0.2, 0.25) is 0 Å². The van der Waals surface area contributed by atoms with E-state index in [0.717, 1.165) is 12.8 Å². The topological polar surface area (TPSA) is 81.8 Å². The Hall–Kier alpha value is -2.69. The Morgan fingerprint density at radius 2 is 1.42 bits per heavy atom. The van der Waals surface area contributed by atoms with Crippen LogP contribution in [0.25, 0.3) is 11.1 Å². The van der Waals surface area contributed by atoms with Gasteiger partial charge in [0.05, 0.1) is 19.3 Å². The third-order valence-corrected chi connectivity index (χ3v) is 5.54. The molecule has 0 fully saturated rings. The number of carboxylic acids is 1. The lowest BCUT2D eigenvalue weighted by Crippen LogP contribution is -2.03. The molecule has 0 aliphatic rings. The molecule has 31 heavy (non-hydrogen) atoms. The van der Waals surface area contributed by atoms with Gasteiger partial charge < -0.3 is 20.3 Å². The van der Waals surface area contributed by atoms with Crippen LogP contribution in [-0.2, 0) is 0 Å². The molecule has 2 aromatic carbocycles. The number of rotatable bonds is 15. The van der Waals surface area contributed by atoms with Gasteiger partial charge >= 0.3 is 5.97 Å². The monoisotopic (exact) mass is 427 g/mol. The highest BCUT2D eigenvalue weighted by Gasteiger charge is 2.16. The van der Waals surface area contributed by atoms with Crippen LogP contribution < -0.4 is 15.2 Å². The van der Waals surface area contributed by atoms with Crippen LogP contribution in [0, 0.1) is 0 Å². The lowest BCUT2D eigenvalue weighted by Gasteiger charge is -2.13. The zero-order valence-electron chi connectivity index (χ0n) is 19.0. The maximum atomic E-state index is 11.7. The van der Waals surface area contributed by atoms with Crippen molar-refractivity contribution in [2.75, 3.05) is 19.5 Å². The third kappa shape index (κ3) is 8.16. The highest BCUT2D eigenvalue weighted by Crippen LogP contribution is 2.34. The molecule has 170 valence electrons. The summed E-state index contributed by atoms with van der Waals surface area (Å²) in [5.74, 6) is 0.272. The third-order valence-electron chi connectivity index (χ3n) is 5.54. The fourth-order valence-electron chi connectivity index (χ4n) is 3.70. The minimum atomic E-state index is -1.00. The van der Waals surface area contributed by atoms with E-state index in [-0.39, 0.29) is 5.56 Å². The van der Waals surface area contributed by atoms with E-state index in [1.165, 1.54) is 51.4 Å². The summed E-state index contributed by atoms with van der Waals surface area (Å²) in [6.07, 6.45) is 12.7. The van der Waals surface area contributed by atoms with Crippen molar-refractivity contribution in [2.45, 2.75) is 71.1 Å². The van der Waals surface area contributed by atoms with Crippen LogP contribution >= 0.6 is 0 Å². The van der Waals surface area contributed by atoms with Crippen molar-refractivity contribution >= 4 is 11.7 Å². The molecule has 0 aliphatic heterocycles. The predicted molar refractivity (Wildman–Crippen MR) is 127 cm³/mol. The molecule has 0 radical (unpaired) electrons. The summed E-state index contributed by atoms with van der Waals surface area (Å²) < 4.78 is 11.2. The van der Waals surface area contributed by atoms with Gasteiger partial charge in [0.15, 0.2) is 0 Å². The number of anilines is 1. The van der Waals surface area contributed by atoms with Crippen LogP contribution in [0.1, 0.15) is 81.5 Å². The van der Waals surface area contributed by atoms with Gasteiger partial charge in [-0.2, -0.15) is 0 Å². The smallest absolute Gasteiger partial charge is 0.336 e. The lowest BCUT2D eigenvalue weighted by atomic mass is 9.97. The second-order valence-corrected chi connectivity index (χ2v) is 8.00. The minimum absolute atomic E-state index is 0.186. The van der Waals surface area contributed by atoms with Gasteiger partial charge in [-0.3, -0.25) is 0 Å². The fraction of sp³-hybridized carbons (Fsp3) is 0.500. The normalized spacial score (nSPS) is 10.8. The molecule has 0 aliphatic carbocycles. The molecule has 0 unspecified atom stereocenters. The van der Waals surface area contributed by atoms with E-state index in [1.54, 1.807) is 43.5 Å². The Kier molecular flexibility index (Phi) is 10.8. The molecule has 0 spiro atoms. The summed E-state index contributed by atoms with van der Waals surface area (Å²) in [4.78, 5) is 11.7. The molecule has 0 bridgehead atoms. The highest BCUT2D eigenvalue weighted by molar-refractivity contribution is 5.98. The van der Waals surface area contributed by atoms with Crippen molar-refractivity contribution in [3.63, 3.8) is 0 Å². The zero-order valence-corrected chi connectivity index (χ0v) is 19.0. The number of methoxy groups -OCH3 is 1. The van der Waals surface area contributed by atoms with Crippen molar-refractivity contribution in [2.24, 2.45) is 0 Å². The first-order valence-electron chi connectivity index (χ1n) is 11.5. The van der Waals surface area contributed by atoms with E-state index in [2.05, 4.69) is 6.92 Å². The maximum absolute atomic E-state index is 11.7. The summed E-state index contributed by atoms with van der Waals surface area (Å²) in [5, 5.41) is 9.60. The first-order valence-corrected chi connectivity index (χ1v) is 11.5. The second-order valence-electron chi connectivity index (χ2n) is 8.00. The number of unbranched alkanes of at least 4 members (excludes halogenated alkanes) is 9. The summed E-state index contributed by atoms with van der Waals surface area (Å²) in [6.45, 7) is 2.87. The molecule has 0 heterocycles. The predicted octanol–water partition coefficient (Wildman–Crippen LogP) is 6.94. The van der Waals surface area contributed by atoms with Crippen molar-refractivity contribution in [1.82, 2.24) is 0 Å².